The first kappa shape index (κ1) is 26.8. The van der Waals surface area contributed by atoms with Gasteiger partial charge in [0.2, 0.25) is 0 Å². The summed E-state index contributed by atoms with van der Waals surface area (Å²) in [6, 6.07) is 17.2. The van der Waals surface area contributed by atoms with Gasteiger partial charge in [-0.25, -0.2) is 5.43 Å². The Kier molecular flexibility index (Phi) is 8.73. The number of nitro benzene ring substituents is 1. The molecular weight excluding hydrogens is 526 g/mol. The molecule has 1 heterocycles. The summed E-state index contributed by atoms with van der Waals surface area (Å²) in [5, 5.41) is 16.4. The second-order valence-electron chi connectivity index (χ2n) is 8.10. The van der Waals surface area contributed by atoms with Gasteiger partial charge in [-0.05, 0) is 49.2 Å². The molecule has 4 aromatic rings. The second-order valence-corrected chi connectivity index (χ2v) is 9.59. The lowest BCUT2D eigenvalue weighted by Crippen LogP contribution is -2.16. The third-order valence-corrected chi connectivity index (χ3v) is 6.95. The third-order valence-electron chi connectivity index (χ3n) is 5.46. The first-order valence-electron chi connectivity index (χ1n) is 11.7. The molecule has 38 heavy (non-hydrogen) atoms. The maximum atomic E-state index is 12.6. The molecule has 0 aliphatic carbocycles. The number of amides is 1. The molecule has 0 fully saturated rings. The molecule has 1 N–H and O–H groups in total. The highest BCUT2D eigenvalue weighted by atomic mass is 35.5. The van der Waals surface area contributed by atoms with E-state index in [1.807, 2.05) is 37.3 Å². The number of rotatable bonds is 11. The van der Waals surface area contributed by atoms with Crippen molar-refractivity contribution in [2.45, 2.75) is 20.0 Å². The summed E-state index contributed by atoms with van der Waals surface area (Å²) in [6.07, 6.45) is 3.81. The van der Waals surface area contributed by atoms with E-state index < -0.39 is 10.8 Å². The second kappa shape index (κ2) is 12.4. The van der Waals surface area contributed by atoms with Crippen LogP contribution in [0.3, 0.4) is 0 Å². The zero-order valence-corrected chi connectivity index (χ0v) is 22.1. The van der Waals surface area contributed by atoms with Crippen molar-refractivity contribution in [3.8, 4) is 11.5 Å². The standard InChI is InChI=1S/C28H24ClN3O5S/c1-3-7-19-12-18(13-24(36-4-2)27(19)37-17-20-8-5-6-9-23(20)29)16-30-31-28(33)26-15-21-14-22(32(34)35)10-11-25(21)38-26/h3,5-6,8-16H,1,4,7,17H2,2H3,(H,31,33)/b30-16-. The van der Waals surface area contributed by atoms with E-state index in [9.17, 15) is 14.9 Å². The van der Waals surface area contributed by atoms with Crippen LogP contribution in [0.15, 0.2) is 78.4 Å². The number of hydrogen-bond acceptors (Lipinski definition) is 7. The monoisotopic (exact) mass is 549 g/mol. The molecule has 0 atom stereocenters. The molecule has 0 radical (unpaired) electrons. The van der Waals surface area contributed by atoms with Gasteiger partial charge >= 0.3 is 0 Å². The molecule has 1 amide bonds. The van der Waals surface area contributed by atoms with Crippen molar-refractivity contribution in [1.29, 1.82) is 0 Å². The maximum Gasteiger partial charge on any atom is 0.281 e. The van der Waals surface area contributed by atoms with Gasteiger partial charge in [0, 0.05) is 38.4 Å². The van der Waals surface area contributed by atoms with Gasteiger partial charge in [0.1, 0.15) is 6.61 Å². The Morgan fingerprint density at radius 3 is 2.71 bits per heavy atom. The molecule has 10 heteroatoms. The fraction of sp³-hybridized carbons (Fsp3) is 0.143. The highest BCUT2D eigenvalue weighted by Gasteiger charge is 2.15. The van der Waals surface area contributed by atoms with Crippen molar-refractivity contribution in [3.05, 3.63) is 110 Å². The molecule has 8 nitrogen and oxygen atoms in total. The topological polar surface area (TPSA) is 103 Å². The van der Waals surface area contributed by atoms with E-state index in [2.05, 4.69) is 17.1 Å². The van der Waals surface area contributed by atoms with Crippen LogP contribution in [-0.2, 0) is 13.0 Å². The summed E-state index contributed by atoms with van der Waals surface area (Å²) < 4.78 is 12.8. The summed E-state index contributed by atoms with van der Waals surface area (Å²) in [5.41, 5.74) is 4.88. The first-order valence-corrected chi connectivity index (χ1v) is 12.9. The average Bonchev–Trinajstić information content (AvgIpc) is 3.33. The van der Waals surface area contributed by atoms with Crippen molar-refractivity contribution in [2.24, 2.45) is 5.10 Å². The maximum absolute atomic E-state index is 12.6. The van der Waals surface area contributed by atoms with Crippen molar-refractivity contribution in [1.82, 2.24) is 5.43 Å². The van der Waals surface area contributed by atoms with E-state index in [0.717, 1.165) is 15.8 Å². The Balaban J connectivity index is 1.53. The smallest absolute Gasteiger partial charge is 0.281 e. The fourth-order valence-corrected chi connectivity index (χ4v) is 4.86. The molecule has 0 bridgehead atoms. The summed E-state index contributed by atoms with van der Waals surface area (Å²) in [5.74, 6) is 0.714. The number of fused-ring (bicyclic) bond motifs is 1. The Labute approximate surface area is 228 Å². The number of benzene rings is 3. The van der Waals surface area contributed by atoms with Gasteiger partial charge in [0.15, 0.2) is 11.5 Å². The van der Waals surface area contributed by atoms with Crippen LogP contribution < -0.4 is 14.9 Å². The Hall–Kier alpha value is -4.21. The number of allylic oxidation sites excluding steroid dienone is 1. The molecule has 194 valence electrons. The minimum atomic E-state index is -0.467. The molecule has 0 spiro atoms. The lowest BCUT2D eigenvalue weighted by molar-refractivity contribution is -0.384. The zero-order chi connectivity index (χ0) is 27.1. The Bertz CT molecular complexity index is 1530. The lowest BCUT2D eigenvalue weighted by atomic mass is 10.1. The minimum Gasteiger partial charge on any atom is -0.490 e. The van der Waals surface area contributed by atoms with Gasteiger partial charge in [0.05, 0.1) is 22.6 Å². The van der Waals surface area contributed by atoms with Gasteiger partial charge in [-0.2, -0.15) is 5.10 Å². The number of carbonyl (C=O) groups excluding carboxylic acids is 1. The zero-order valence-electron chi connectivity index (χ0n) is 20.5. The Morgan fingerprint density at radius 1 is 1.16 bits per heavy atom. The summed E-state index contributed by atoms with van der Waals surface area (Å²) in [6.45, 7) is 6.42. The lowest BCUT2D eigenvalue weighted by Gasteiger charge is -2.17. The number of halogens is 1. The summed E-state index contributed by atoms with van der Waals surface area (Å²) >= 11 is 7.51. The number of carbonyl (C=O) groups is 1. The molecule has 0 unspecified atom stereocenters. The van der Waals surface area contributed by atoms with Crippen LogP contribution in [0.4, 0.5) is 5.69 Å². The van der Waals surface area contributed by atoms with Crippen molar-refractivity contribution in [2.75, 3.05) is 6.61 Å². The van der Waals surface area contributed by atoms with E-state index in [0.29, 0.717) is 45.4 Å². The van der Waals surface area contributed by atoms with E-state index >= 15 is 0 Å². The molecule has 4 rings (SSSR count). The van der Waals surface area contributed by atoms with Gasteiger partial charge in [0.25, 0.3) is 11.6 Å². The number of nitrogens with one attached hydrogen (secondary N) is 1. The number of nitrogens with zero attached hydrogens (tertiary/aromatic N) is 2. The molecule has 1 aromatic heterocycles. The predicted octanol–water partition coefficient (Wildman–Crippen LogP) is 6.93. The van der Waals surface area contributed by atoms with Crippen molar-refractivity contribution >= 4 is 50.8 Å². The largest absolute Gasteiger partial charge is 0.490 e. The van der Waals surface area contributed by atoms with Gasteiger partial charge < -0.3 is 9.47 Å². The fourth-order valence-electron chi connectivity index (χ4n) is 3.73. The molecule has 0 saturated heterocycles. The number of hydrazone groups is 1. The van der Waals surface area contributed by atoms with E-state index in [1.54, 1.807) is 24.3 Å². The normalized spacial score (nSPS) is 11.0. The molecule has 3 aromatic carbocycles. The van der Waals surface area contributed by atoms with E-state index in [-0.39, 0.29) is 12.3 Å². The van der Waals surface area contributed by atoms with Crippen LogP contribution in [0, 0.1) is 10.1 Å². The first-order chi connectivity index (χ1) is 18.4. The van der Waals surface area contributed by atoms with Crippen LogP contribution >= 0.6 is 22.9 Å². The Morgan fingerprint density at radius 2 is 1.97 bits per heavy atom. The quantitative estimate of drug-likeness (QED) is 0.0945. The molecule has 0 saturated carbocycles. The highest BCUT2D eigenvalue weighted by Crippen LogP contribution is 2.35. The molecule has 0 aliphatic heterocycles. The average molecular weight is 550 g/mol. The van der Waals surface area contributed by atoms with Gasteiger partial charge in [-0.3, -0.25) is 14.9 Å². The molecule has 0 aliphatic rings. The van der Waals surface area contributed by atoms with E-state index in [4.69, 9.17) is 21.1 Å². The van der Waals surface area contributed by atoms with Crippen LogP contribution in [0.1, 0.15) is 33.3 Å². The van der Waals surface area contributed by atoms with Crippen molar-refractivity contribution in [3.63, 3.8) is 0 Å². The van der Waals surface area contributed by atoms with Gasteiger partial charge in [-0.15, -0.1) is 17.9 Å². The number of ether oxygens (including phenoxy) is 2. The van der Waals surface area contributed by atoms with Crippen LogP contribution in [-0.4, -0.2) is 23.7 Å². The third kappa shape index (κ3) is 6.37. The van der Waals surface area contributed by atoms with E-state index in [1.165, 1.54) is 29.7 Å². The molecular formula is C28H24ClN3O5S. The van der Waals surface area contributed by atoms with Crippen LogP contribution in [0.25, 0.3) is 10.1 Å². The number of thiophene rings is 1. The minimum absolute atomic E-state index is 0.0278. The number of nitro groups is 1. The van der Waals surface area contributed by atoms with Gasteiger partial charge in [-0.1, -0.05) is 35.9 Å². The van der Waals surface area contributed by atoms with Crippen LogP contribution in [0.2, 0.25) is 5.02 Å². The highest BCUT2D eigenvalue weighted by molar-refractivity contribution is 7.20. The summed E-state index contributed by atoms with van der Waals surface area (Å²) in [4.78, 5) is 23.6. The SMILES string of the molecule is C=CCc1cc(/C=N\NC(=O)c2cc3cc([N+](=O)[O-])ccc3s2)cc(OCC)c1OCc1ccccc1Cl. The summed E-state index contributed by atoms with van der Waals surface area (Å²) in [7, 11) is 0. The predicted molar refractivity (Wildman–Crippen MR) is 151 cm³/mol. The number of hydrogen-bond donors (Lipinski definition) is 1. The van der Waals surface area contributed by atoms with Crippen LogP contribution in [0.5, 0.6) is 11.5 Å². The van der Waals surface area contributed by atoms with Crippen molar-refractivity contribution < 1.29 is 19.2 Å². The number of non-ortho nitro benzene ring substituents is 1.